The molecule has 0 aliphatic rings. The minimum absolute atomic E-state index is 0. The van der Waals surface area contributed by atoms with Gasteiger partial charge in [0.15, 0.2) is 11.6 Å². The predicted octanol–water partition coefficient (Wildman–Crippen LogP) is 3.28. The smallest absolute Gasteiger partial charge is 0.407 e. The zero-order valence-corrected chi connectivity index (χ0v) is 9.96. The maximum absolute atomic E-state index is 12.8. The van der Waals surface area contributed by atoms with Crippen LogP contribution in [0.3, 0.4) is 0 Å². The largest absolute Gasteiger partial charge is 0.505 e. The predicted molar refractivity (Wildman–Crippen MR) is 56.0 cm³/mol. The third-order valence-corrected chi connectivity index (χ3v) is 2.47. The lowest BCUT2D eigenvalue weighted by Crippen LogP contribution is -2.29. The molecule has 0 saturated heterocycles. The van der Waals surface area contributed by atoms with Crippen molar-refractivity contribution in [3.8, 4) is 5.75 Å². The van der Waals surface area contributed by atoms with E-state index in [1.807, 2.05) is 0 Å². The van der Waals surface area contributed by atoms with Crippen LogP contribution in [0, 0.1) is 5.82 Å². The number of alkyl halides is 3. The highest BCUT2D eigenvalue weighted by molar-refractivity contribution is 9.10. The fraction of sp³-hybridized carbons (Fsp3) is 0.250. The second kappa shape index (κ2) is 5.20. The standard InChI is InChI=1S/C8H6BrF4NO.ClH/c9-3-1-2-4(10)6(15)5(3)7(14)8(11,12)13;/h1-2,7,15H,14H2;1H/t7-;/m0./s1. The summed E-state index contributed by atoms with van der Waals surface area (Å²) in [4.78, 5) is 0. The topological polar surface area (TPSA) is 46.2 Å². The monoisotopic (exact) mass is 323 g/mol. The van der Waals surface area contributed by atoms with Gasteiger partial charge in [-0.1, -0.05) is 15.9 Å². The molecule has 0 spiro atoms. The van der Waals surface area contributed by atoms with Gasteiger partial charge in [0.2, 0.25) is 0 Å². The summed E-state index contributed by atoms with van der Waals surface area (Å²) in [5, 5.41) is 9.13. The van der Waals surface area contributed by atoms with E-state index in [0.717, 1.165) is 12.1 Å². The molecule has 2 nitrogen and oxygen atoms in total. The van der Waals surface area contributed by atoms with Crippen molar-refractivity contribution in [2.75, 3.05) is 0 Å². The lowest BCUT2D eigenvalue weighted by atomic mass is 10.1. The van der Waals surface area contributed by atoms with Gasteiger partial charge in [-0.25, -0.2) is 4.39 Å². The van der Waals surface area contributed by atoms with E-state index in [1.165, 1.54) is 0 Å². The van der Waals surface area contributed by atoms with Gasteiger partial charge in [-0.05, 0) is 12.1 Å². The van der Waals surface area contributed by atoms with E-state index in [9.17, 15) is 17.6 Å². The summed E-state index contributed by atoms with van der Waals surface area (Å²) in [6.07, 6.45) is -4.74. The molecule has 1 rings (SSSR count). The Morgan fingerprint density at radius 3 is 2.25 bits per heavy atom. The Hall–Kier alpha value is -0.530. The number of phenols is 1. The van der Waals surface area contributed by atoms with Gasteiger partial charge in [0.05, 0.1) is 0 Å². The summed E-state index contributed by atoms with van der Waals surface area (Å²) in [6.45, 7) is 0. The normalized spacial score (nSPS) is 13.1. The molecule has 0 fully saturated rings. The molecule has 1 aromatic carbocycles. The molecule has 8 heteroatoms. The SMILES string of the molecule is Cl.N[C@@H](c1c(Br)ccc(F)c1O)C(F)(F)F. The molecule has 0 unspecified atom stereocenters. The highest BCUT2D eigenvalue weighted by Gasteiger charge is 2.40. The first-order valence-corrected chi connectivity index (χ1v) is 4.53. The minimum Gasteiger partial charge on any atom is -0.505 e. The van der Waals surface area contributed by atoms with E-state index in [-0.39, 0.29) is 16.9 Å². The van der Waals surface area contributed by atoms with Gasteiger partial charge in [-0.3, -0.25) is 0 Å². The summed E-state index contributed by atoms with van der Waals surface area (Å²) in [6, 6.07) is -0.537. The highest BCUT2D eigenvalue weighted by atomic mass is 79.9. The van der Waals surface area contributed by atoms with Crippen LogP contribution in [0.15, 0.2) is 16.6 Å². The maximum atomic E-state index is 12.8. The number of hydrogen-bond donors (Lipinski definition) is 2. The fourth-order valence-electron chi connectivity index (χ4n) is 1.02. The van der Waals surface area contributed by atoms with Crippen LogP contribution in [0.5, 0.6) is 5.75 Å². The Morgan fingerprint density at radius 1 is 1.31 bits per heavy atom. The first-order chi connectivity index (χ1) is 6.75. The number of nitrogens with two attached hydrogens (primary N) is 1. The van der Waals surface area contributed by atoms with Gasteiger partial charge in [-0.15, -0.1) is 12.4 Å². The third-order valence-electron chi connectivity index (χ3n) is 1.78. The Balaban J connectivity index is 0.00000225. The highest BCUT2D eigenvalue weighted by Crippen LogP contribution is 2.40. The average Bonchev–Trinajstić information content (AvgIpc) is 2.10. The minimum atomic E-state index is -4.74. The van der Waals surface area contributed by atoms with Crippen LogP contribution in [0.4, 0.5) is 17.6 Å². The molecule has 1 atom stereocenters. The van der Waals surface area contributed by atoms with Crippen molar-refractivity contribution in [2.24, 2.45) is 5.73 Å². The lowest BCUT2D eigenvalue weighted by molar-refractivity contribution is -0.149. The van der Waals surface area contributed by atoms with Crippen LogP contribution in [0.1, 0.15) is 11.6 Å². The molecule has 0 amide bonds. The molecule has 0 radical (unpaired) electrons. The van der Waals surface area contributed by atoms with Crippen molar-refractivity contribution in [1.82, 2.24) is 0 Å². The number of rotatable bonds is 1. The molecule has 92 valence electrons. The molecule has 3 N–H and O–H groups in total. The van der Waals surface area contributed by atoms with Crippen LogP contribution in [-0.2, 0) is 0 Å². The number of benzene rings is 1. The second-order valence-electron chi connectivity index (χ2n) is 2.81. The second-order valence-corrected chi connectivity index (χ2v) is 3.67. The number of aromatic hydroxyl groups is 1. The summed E-state index contributed by atoms with van der Waals surface area (Å²) in [5.74, 6) is -2.23. The summed E-state index contributed by atoms with van der Waals surface area (Å²) in [7, 11) is 0. The van der Waals surface area contributed by atoms with Crippen LogP contribution >= 0.6 is 28.3 Å². The Kier molecular flexibility index (Phi) is 5.03. The Bertz CT molecular complexity index is 385. The quantitative estimate of drug-likeness (QED) is 0.779. The fourth-order valence-corrected chi connectivity index (χ4v) is 1.58. The van der Waals surface area contributed by atoms with Gasteiger partial charge in [0.1, 0.15) is 6.04 Å². The van der Waals surface area contributed by atoms with Crippen molar-refractivity contribution in [3.05, 3.63) is 28.0 Å². The first-order valence-electron chi connectivity index (χ1n) is 3.74. The van der Waals surface area contributed by atoms with Crippen LogP contribution in [0.25, 0.3) is 0 Å². The third kappa shape index (κ3) is 2.99. The van der Waals surface area contributed by atoms with E-state index in [1.54, 1.807) is 0 Å². The number of phenolic OH excluding ortho intramolecular Hbond substituents is 1. The summed E-state index contributed by atoms with van der Waals surface area (Å²) < 4.78 is 49.5. The number of hydrogen-bond acceptors (Lipinski definition) is 2. The van der Waals surface area contributed by atoms with E-state index in [2.05, 4.69) is 15.9 Å². The summed E-state index contributed by atoms with van der Waals surface area (Å²) >= 11 is 2.77. The first kappa shape index (κ1) is 15.5. The van der Waals surface area contributed by atoms with Crippen molar-refractivity contribution in [3.63, 3.8) is 0 Å². The average molecular weight is 324 g/mol. The molecule has 0 heterocycles. The lowest BCUT2D eigenvalue weighted by Gasteiger charge is -2.18. The zero-order chi connectivity index (χ0) is 11.8. The van der Waals surface area contributed by atoms with Gasteiger partial charge >= 0.3 is 6.18 Å². The van der Waals surface area contributed by atoms with Crippen LogP contribution < -0.4 is 5.73 Å². The van der Waals surface area contributed by atoms with Crippen molar-refractivity contribution < 1.29 is 22.7 Å². The van der Waals surface area contributed by atoms with Crippen molar-refractivity contribution in [2.45, 2.75) is 12.2 Å². The van der Waals surface area contributed by atoms with Gasteiger partial charge in [0, 0.05) is 10.0 Å². The van der Waals surface area contributed by atoms with Gasteiger partial charge in [0.25, 0.3) is 0 Å². The maximum Gasteiger partial charge on any atom is 0.407 e. The molecule has 0 aliphatic carbocycles. The van der Waals surface area contributed by atoms with Crippen LogP contribution in [-0.4, -0.2) is 11.3 Å². The Morgan fingerprint density at radius 2 is 1.81 bits per heavy atom. The Labute approximate surface area is 103 Å². The molecular formula is C8H7BrClF4NO. The van der Waals surface area contributed by atoms with E-state index < -0.39 is 29.3 Å². The van der Waals surface area contributed by atoms with E-state index in [0.29, 0.717) is 0 Å². The molecule has 1 aromatic rings. The van der Waals surface area contributed by atoms with E-state index in [4.69, 9.17) is 10.8 Å². The van der Waals surface area contributed by atoms with Crippen molar-refractivity contribution >= 4 is 28.3 Å². The molecule has 0 saturated carbocycles. The molecule has 0 aliphatic heterocycles. The van der Waals surface area contributed by atoms with Gasteiger partial charge in [-0.2, -0.15) is 13.2 Å². The summed E-state index contributed by atoms with van der Waals surface area (Å²) in [5.41, 5.74) is 4.15. The van der Waals surface area contributed by atoms with Crippen LogP contribution in [0.2, 0.25) is 0 Å². The molecule has 0 aromatic heterocycles. The molecule has 0 bridgehead atoms. The number of halogens is 6. The van der Waals surface area contributed by atoms with Crippen molar-refractivity contribution in [1.29, 1.82) is 0 Å². The zero-order valence-electron chi connectivity index (χ0n) is 7.55. The molecule has 16 heavy (non-hydrogen) atoms. The molecular weight excluding hydrogens is 317 g/mol. The van der Waals surface area contributed by atoms with E-state index >= 15 is 0 Å². The van der Waals surface area contributed by atoms with Gasteiger partial charge < -0.3 is 10.8 Å².